The molecule has 1 atom stereocenters. The molecule has 2 aromatic rings. The molecule has 0 fully saturated rings. The summed E-state index contributed by atoms with van der Waals surface area (Å²) in [6, 6.07) is 12.5. The second-order valence-corrected chi connectivity index (χ2v) is 4.53. The van der Waals surface area contributed by atoms with Crippen molar-refractivity contribution in [3.63, 3.8) is 0 Å². The van der Waals surface area contributed by atoms with Crippen molar-refractivity contribution in [3.05, 3.63) is 58.9 Å². The fraction of sp³-hybridized carbons (Fsp3) is 0.286. The van der Waals surface area contributed by atoms with Crippen molar-refractivity contribution in [2.75, 3.05) is 0 Å². The molecule has 1 aromatic heterocycles. The number of halogens is 1. The van der Waals surface area contributed by atoms with Gasteiger partial charge in [-0.05, 0) is 36.2 Å². The number of hydrogen-bond donors (Lipinski definition) is 2. The second kappa shape index (κ2) is 5.89. The van der Waals surface area contributed by atoms with Gasteiger partial charge in [-0.3, -0.25) is 0 Å². The van der Waals surface area contributed by atoms with E-state index in [0.717, 1.165) is 18.0 Å². The molecule has 0 spiro atoms. The molecule has 0 saturated carbocycles. The molecule has 0 aliphatic heterocycles. The lowest BCUT2D eigenvalue weighted by molar-refractivity contribution is 0.515. The van der Waals surface area contributed by atoms with Gasteiger partial charge in [0.1, 0.15) is 0 Å². The van der Waals surface area contributed by atoms with Crippen LogP contribution in [-0.2, 0) is 6.54 Å². The van der Waals surface area contributed by atoms with E-state index in [0.29, 0.717) is 6.04 Å². The first-order valence-electron chi connectivity index (χ1n) is 5.90. The van der Waals surface area contributed by atoms with Gasteiger partial charge < -0.3 is 10.3 Å². The van der Waals surface area contributed by atoms with E-state index in [4.69, 9.17) is 11.6 Å². The topological polar surface area (TPSA) is 27.8 Å². The minimum Gasteiger partial charge on any atom is -0.364 e. The minimum absolute atomic E-state index is 0.344. The number of nitrogens with one attached hydrogen (secondary N) is 2. The predicted molar refractivity (Wildman–Crippen MR) is 72.1 cm³/mol. The van der Waals surface area contributed by atoms with Gasteiger partial charge in [0.2, 0.25) is 0 Å². The summed E-state index contributed by atoms with van der Waals surface area (Å²) in [5.74, 6) is 0. The summed E-state index contributed by atoms with van der Waals surface area (Å²) in [7, 11) is 0. The third-order valence-electron chi connectivity index (χ3n) is 2.86. The van der Waals surface area contributed by atoms with E-state index >= 15 is 0 Å². The Hall–Kier alpha value is -1.25. The maximum atomic E-state index is 6.01. The number of hydrogen-bond acceptors (Lipinski definition) is 1. The fourth-order valence-electron chi connectivity index (χ4n) is 1.93. The SMILES string of the molecule is CCC(NCc1ccc[nH]1)c1cccc(Cl)c1. The Kier molecular flexibility index (Phi) is 4.24. The summed E-state index contributed by atoms with van der Waals surface area (Å²) < 4.78 is 0. The van der Waals surface area contributed by atoms with Gasteiger partial charge in [0.25, 0.3) is 0 Å². The van der Waals surface area contributed by atoms with Crippen LogP contribution in [0.15, 0.2) is 42.6 Å². The Bertz CT molecular complexity index is 451. The Morgan fingerprint density at radius 1 is 1.29 bits per heavy atom. The average molecular weight is 249 g/mol. The zero-order valence-corrected chi connectivity index (χ0v) is 10.7. The molecule has 17 heavy (non-hydrogen) atoms. The average Bonchev–Trinajstić information content (AvgIpc) is 2.83. The van der Waals surface area contributed by atoms with Crippen molar-refractivity contribution in [2.45, 2.75) is 25.9 Å². The van der Waals surface area contributed by atoms with Crippen molar-refractivity contribution in [3.8, 4) is 0 Å². The first kappa shape index (κ1) is 12.2. The highest BCUT2D eigenvalue weighted by Crippen LogP contribution is 2.20. The molecule has 0 bridgehead atoms. The zero-order chi connectivity index (χ0) is 12.1. The third-order valence-corrected chi connectivity index (χ3v) is 3.10. The van der Waals surface area contributed by atoms with Gasteiger partial charge in [-0.15, -0.1) is 0 Å². The monoisotopic (exact) mass is 248 g/mol. The summed E-state index contributed by atoms with van der Waals surface area (Å²) in [5.41, 5.74) is 2.44. The van der Waals surface area contributed by atoms with Gasteiger partial charge >= 0.3 is 0 Å². The van der Waals surface area contributed by atoms with Crippen LogP contribution in [0.5, 0.6) is 0 Å². The van der Waals surface area contributed by atoms with Crippen LogP contribution in [0.3, 0.4) is 0 Å². The predicted octanol–water partition coefficient (Wildman–Crippen LogP) is 3.91. The van der Waals surface area contributed by atoms with Crippen molar-refractivity contribution < 1.29 is 0 Å². The number of H-pyrrole nitrogens is 1. The standard InChI is InChI=1S/C14H17ClN2/c1-2-14(11-5-3-6-12(15)9-11)17-10-13-7-4-8-16-13/h3-9,14,16-17H,2,10H2,1H3. The van der Waals surface area contributed by atoms with E-state index in [2.05, 4.69) is 29.4 Å². The molecule has 90 valence electrons. The Labute approximate surface area is 107 Å². The third kappa shape index (κ3) is 3.35. The molecule has 0 saturated heterocycles. The molecular formula is C14H17ClN2. The summed E-state index contributed by atoms with van der Waals surface area (Å²) in [6.45, 7) is 3.02. The van der Waals surface area contributed by atoms with Crippen molar-refractivity contribution in [2.24, 2.45) is 0 Å². The highest BCUT2D eigenvalue weighted by atomic mass is 35.5. The van der Waals surface area contributed by atoms with Gasteiger partial charge in [0, 0.05) is 29.5 Å². The van der Waals surface area contributed by atoms with Gasteiger partial charge in [0.05, 0.1) is 0 Å². The highest BCUT2D eigenvalue weighted by molar-refractivity contribution is 6.30. The molecule has 2 nitrogen and oxygen atoms in total. The van der Waals surface area contributed by atoms with Crippen molar-refractivity contribution >= 4 is 11.6 Å². The lowest BCUT2D eigenvalue weighted by Gasteiger charge is -2.17. The van der Waals surface area contributed by atoms with Crippen LogP contribution < -0.4 is 5.32 Å². The summed E-state index contributed by atoms with van der Waals surface area (Å²) in [5, 5.41) is 4.32. The van der Waals surface area contributed by atoms with Crippen molar-refractivity contribution in [1.29, 1.82) is 0 Å². The van der Waals surface area contributed by atoms with Crippen LogP contribution in [0.2, 0.25) is 5.02 Å². The summed E-state index contributed by atoms with van der Waals surface area (Å²) >= 11 is 6.01. The van der Waals surface area contributed by atoms with Gasteiger partial charge in [0.15, 0.2) is 0 Å². The van der Waals surface area contributed by atoms with Crippen molar-refractivity contribution in [1.82, 2.24) is 10.3 Å². The Morgan fingerprint density at radius 2 is 2.18 bits per heavy atom. The van der Waals surface area contributed by atoms with Crippen LogP contribution in [0.4, 0.5) is 0 Å². The molecule has 0 aliphatic rings. The molecule has 3 heteroatoms. The van der Waals surface area contributed by atoms with E-state index in [-0.39, 0.29) is 0 Å². The maximum absolute atomic E-state index is 6.01. The van der Waals surface area contributed by atoms with Crippen LogP contribution >= 0.6 is 11.6 Å². The fourth-order valence-corrected chi connectivity index (χ4v) is 2.13. The van der Waals surface area contributed by atoms with Gasteiger partial charge in [-0.1, -0.05) is 30.7 Å². The quantitative estimate of drug-likeness (QED) is 0.825. The van der Waals surface area contributed by atoms with E-state index in [1.165, 1.54) is 11.3 Å². The Balaban J connectivity index is 2.01. The highest BCUT2D eigenvalue weighted by Gasteiger charge is 2.08. The second-order valence-electron chi connectivity index (χ2n) is 4.09. The Morgan fingerprint density at radius 3 is 2.82 bits per heavy atom. The maximum Gasteiger partial charge on any atom is 0.0409 e. The normalized spacial score (nSPS) is 12.6. The molecule has 0 radical (unpaired) electrons. The number of benzene rings is 1. The van der Waals surface area contributed by atoms with E-state index in [1.54, 1.807) is 0 Å². The van der Waals surface area contributed by atoms with E-state index in [9.17, 15) is 0 Å². The van der Waals surface area contributed by atoms with Crippen LogP contribution in [-0.4, -0.2) is 4.98 Å². The molecule has 2 N–H and O–H groups in total. The lowest BCUT2D eigenvalue weighted by atomic mass is 10.0. The number of aromatic amines is 1. The molecule has 1 aromatic carbocycles. The molecule has 0 amide bonds. The van der Waals surface area contributed by atoms with Gasteiger partial charge in [-0.25, -0.2) is 0 Å². The van der Waals surface area contributed by atoms with Gasteiger partial charge in [-0.2, -0.15) is 0 Å². The van der Waals surface area contributed by atoms with Crippen LogP contribution in [0.25, 0.3) is 0 Å². The summed E-state index contributed by atoms with van der Waals surface area (Å²) in [4.78, 5) is 3.19. The lowest BCUT2D eigenvalue weighted by Crippen LogP contribution is -2.20. The molecule has 0 aliphatic carbocycles. The zero-order valence-electron chi connectivity index (χ0n) is 9.91. The van der Waals surface area contributed by atoms with E-state index in [1.807, 2.05) is 30.5 Å². The first-order valence-corrected chi connectivity index (χ1v) is 6.28. The smallest absolute Gasteiger partial charge is 0.0409 e. The minimum atomic E-state index is 0.344. The molecular weight excluding hydrogens is 232 g/mol. The number of rotatable bonds is 5. The number of aromatic nitrogens is 1. The molecule has 1 heterocycles. The molecule has 2 rings (SSSR count). The van der Waals surface area contributed by atoms with Crippen LogP contribution in [0, 0.1) is 0 Å². The van der Waals surface area contributed by atoms with E-state index < -0.39 is 0 Å². The first-order chi connectivity index (χ1) is 8.29. The van der Waals surface area contributed by atoms with Crippen LogP contribution in [0.1, 0.15) is 30.6 Å². The molecule has 1 unspecified atom stereocenters. The summed E-state index contributed by atoms with van der Waals surface area (Å²) in [6.07, 6.45) is 2.98. The largest absolute Gasteiger partial charge is 0.364 e.